The highest BCUT2D eigenvalue weighted by Crippen LogP contribution is 2.31. The van der Waals surface area contributed by atoms with E-state index in [0.717, 1.165) is 44.2 Å². The van der Waals surface area contributed by atoms with Crippen molar-refractivity contribution in [2.75, 3.05) is 5.73 Å². The fourth-order valence-corrected chi connectivity index (χ4v) is 4.33. The molecule has 3 N–H and O–H groups in total. The zero-order valence-electron chi connectivity index (χ0n) is 15.6. The molecule has 2 aliphatic rings. The van der Waals surface area contributed by atoms with Gasteiger partial charge in [-0.1, -0.05) is 32.8 Å². The number of aryl methyl sites for hydroxylation is 1. The molecule has 4 heteroatoms. The Hall–Kier alpha value is -1.55. The number of benzene rings is 1. The van der Waals surface area contributed by atoms with Crippen LogP contribution in [-0.4, -0.2) is 18.1 Å². The van der Waals surface area contributed by atoms with E-state index in [1.54, 1.807) is 0 Å². The number of hydrogen-bond acceptors (Lipinski definition) is 3. The minimum absolute atomic E-state index is 0.0374. The van der Waals surface area contributed by atoms with Gasteiger partial charge in [0.15, 0.2) is 0 Å². The molecule has 1 fully saturated rings. The molecule has 0 aliphatic heterocycles. The van der Waals surface area contributed by atoms with Crippen molar-refractivity contribution >= 4 is 11.6 Å². The van der Waals surface area contributed by atoms with Crippen LogP contribution in [0.3, 0.4) is 0 Å². The summed E-state index contributed by atoms with van der Waals surface area (Å²) in [6, 6.07) is 6.13. The molecule has 0 heterocycles. The van der Waals surface area contributed by atoms with Crippen molar-refractivity contribution < 1.29 is 9.53 Å². The lowest BCUT2D eigenvalue weighted by molar-refractivity contribution is -0.139. The van der Waals surface area contributed by atoms with E-state index in [-0.39, 0.29) is 24.2 Å². The monoisotopic (exact) mass is 344 g/mol. The number of carbonyl (C=O) groups is 1. The van der Waals surface area contributed by atoms with E-state index < -0.39 is 0 Å². The molecule has 1 aromatic rings. The molecule has 2 aliphatic carbocycles. The molecule has 0 bridgehead atoms. The van der Waals surface area contributed by atoms with E-state index in [2.05, 4.69) is 18.3 Å². The minimum atomic E-state index is -0.338. The summed E-state index contributed by atoms with van der Waals surface area (Å²) in [4.78, 5) is 12.8. The van der Waals surface area contributed by atoms with Crippen LogP contribution in [0.1, 0.15) is 76.0 Å². The molecule has 3 rings (SSSR count). The summed E-state index contributed by atoms with van der Waals surface area (Å²) in [7, 11) is 0. The zero-order valence-corrected chi connectivity index (χ0v) is 15.6. The zero-order chi connectivity index (χ0) is 17.8. The van der Waals surface area contributed by atoms with Gasteiger partial charge in [0.25, 0.3) is 0 Å². The van der Waals surface area contributed by atoms with Crippen molar-refractivity contribution in [1.29, 1.82) is 0 Å². The fourth-order valence-electron chi connectivity index (χ4n) is 4.33. The highest BCUT2D eigenvalue weighted by molar-refractivity contribution is 5.81. The molecule has 0 radical (unpaired) electrons. The van der Waals surface area contributed by atoms with Crippen molar-refractivity contribution in [3.63, 3.8) is 0 Å². The molecule has 0 saturated heterocycles. The summed E-state index contributed by atoms with van der Waals surface area (Å²) in [5.41, 5.74) is 9.19. The Balaban J connectivity index is 1.63. The molecule has 4 atom stereocenters. The number of nitrogens with one attached hydrogen (secondary N) is 1. The highest BCUT2D eigenvalue weighted by Gasteiger charge is 2.28. The van der Waals surface area contributed by atoms with Crippen LogP contribution in [0.25, 0.3) is 0 Å². The molecular formula is C21H32N2O2. The van der Waals surface area contributed by atoms with Crippen LogP contribution in [0.5, 0.6) is 0 Å². The van der Waals surface area contributed by atoms with Gasteiger partial charge in [-0.25, -0.2) is 0 Å². The standard InChI is InChI=1S/C21H32N2O2/c1-3-20(25-17-8-4-6-14(2)12-17)21(24)23-19-9-5-7-15-13-16(22)10-11-18(15)19/h10-11,13-14,17,19-20H,3-9,12,22H2,1-2H3,(H,23,24). The Morgan fingerprint density at radius 1 is 1.32 bits per heavy atom. The van der Waals surface area contributed by atoms with E-state index in [1.807, 2.05) is 19.1 Å². The van der Waals surface area contributed by atoms with Crippen molar-refractivity contribution in [3.8, 4) is 0 Å². The Morgan fingerprint density at radius 2 is 2.16 bits per heavy atom. The van der Waals surface area contributed by atoms with E-state index in [9.17, 15) is 4.79 Å². The second-order valence-corrected chi connectivity index (χ2v) is 7.84. The maximum atomic E-state index is 12.8. The number of hydrogen-bond donors (Lipinski definition) is 2. The topological polar surface area (TPSA) is 64.3 Å². The molecule has 1 aromatic carbocycles. The number of nitrogens with two attached hydrogens (primary N) is 1. The van der Waals surface area contributed by atoms with Gasteiger partial charge in [0.05, 0.1) is 12.1 Å². The number of carbonyl (C=O) groups excluding carboxylic acids is 1. The second-order valence-electron chi connectivity index (χ2n) is 7.84. The molecule has 4 nitrogen and oxygen atoms in total. The Labute approximate surface area is 151 Å². The number of nitrogen functional groups attached to an aromatic ring is 1. The van der Waals surface area contributed by atoms with E-state index in [4.69, 9.17) is 10.5 Å². The summed E-state index contributed by atoms with van der Waals surface area (Å²) >= 11 is 0. The summed E-state index contributed by atoms with van der Waals surface area (Å²) in [6.45, 7) is 4.31. The van der Waals surface area contributed by atoms with Gasteiger partial charge in [-0.2, -0.15) is 0 Å². The van der Waals surface area contributed by atoms with Crippen molar-refractivity contribution in [1.82, 2.24) is 5.32 Å². The van der Waals surface area contributed by atoms with Gasteiger partial charge in [0.2, 0.25) is 5.91 Å². The van der Waals surface area contributed by atoms with Crippen molar-refractivity contribution in [2.45, 2.75) is 83.5 Å². The van der Waals surface area contributed by atoms with Crippen LogP contribution < -0.4 is 11.1 Å². The second kappa shape index (κ2) is 8.22. The van der Waals surface area contributed by atoms with Gasteiger partial charge >= 0.3 is 0 Å². The van der Waals surface area contributed by atoms with Crippen LogP contribution in [0.2, 0.25) is 0 Å². The first-order chi connectivity index (χ1) is 12.1. The first-order valence-electron chi connectivity index (χ1n) is 9.91. The number of ether oxygens (including phenoxy) is 1. The quantitative estimate of drug-likeness (QED) is 0.789. The summed E-state index contributed by atoms with van der Waals surface area (Å²) in [5, 5.41) is 3.24. The number of amides is 1. The number of fused-ring (bicyclic) bond motifs is 1. The lowest BCUT2D eigenvalue weighted by Crippen LogP contribution is -2.41. The van der Waals surface area contributed by atoms with Gasteiger partial charge in [-0.05, 0) is 67.7 Å². The van der Waals surface area contributed by atoms with Gasteiger partial charge in [-0.3, -0.25) is 4.79 Å². The van der Waals surface area contributed by atoms with Gasteiger partial charge < -0.3 is 15.8 Å². The largest absolute Gasteiger partial charge is 0.399 e. The molecule has 0 aromatic heterocycles. The smallest absolute Gasteiger partial charge is 0.249 e. The lowest BCUT2D eigenvalue weighted by atomic mass is 9.87. The first kappa shape index (κ1) is 18.2. The molecule has 4 unspecified atom stereocenters. The van der Waals surface area contributed by atoms with Crippen LogP contribution >= 0.6 is 0 Å². The maximum absolute atomic E-state index is 12.8. The Kier molecular flexibility index (Phi) is 6.00. The van der Waals surface area contributed by atoms with Crippen molar-refractivity contribution in [3.05, 3.63) is 29.3 Å². The molecule has 1 saturated carbocycles. The van der Waals surface area contributed by atoms with E-state index in [0.29, 0.717) is 5.92 Å². The number of anilines is 1. The predicted octanol–water partition coefficient (Wildman–Crippen LogP) is 4.14. The Bertz CT molecular complexity index is 602. The van der Waals surface area contributed by atoms with E-state index >= 15 is 0 Å². The average molecular weight is 344 g/mol. The minimum Gasteiger partial charge on any atom is -0.399 e. The van der Waals surface area contributed by atoms with Crippen LogP contribution in [-0.2, 0) is 16.0 Å². The predicted molar refractivity (Wildman–Crippen MR) is 101 cm³/mol. The van der Waals surface area contributed by atoms with Gasteiger partial charge in [0, 0.05) is 5.69 Å². The Morgan fingerprint density at radius 3 is 2.92 bits per heavy atom. The molecule has 138 valence electrons. The highest BCUT2D eigenvalue weighted by atomic mass is 16.5. The molecule has 25 heavy (non-hydrogen) atoms. The average Bonchev–Trinajstić information content (AvgIpc) is 2.59. The summed E-state index contributed by atoms with van der Waals surface area (Å²) in [6.07, 6.45) is 8.38. The van der Waals surface area contributed by atoms with Crippen molar-refractivity contribution in [2.24, 2.45) is 5.92 Å². The third-order valence-corrected chi connectivity index (χ3v) is 5.71. The van der Waals surface area contributed by atoms with Gasteiger partial charge in [0.1, 0.15) is 6.10 Å². The lowest BCUT2D eigenvalue weighted by Gasteiger charge is -2.32. The van der Waals surface area contributed by atoms with Crippen LogP contribution in [0.15, 0.2) is 18.2 Å². The fraction of sp³-hybridized carbons (Fsp3) is 0.667. The van der Waals surface area contributed by atoms with E-state index in [1.165, 1.54) is 24.0 Å². The molecule has 1 amide bonds. The first-order valence-corrected chi connectivity index (χ1v) is 9.91. The molecular weight excluding hydrogens is 312 g/mol. The van der Waals surface area contributed by atoms with Gasteiger partial charge in [-0.15, -0.1) is 0 Å². The van der Waals surface area contributed by atoms with Crippen LogP contribution in [0.4, 0.5) is 5.69 Å². The van der Waals surface area contributed by atoms with Crippen LogP contribution in [0, 0.1) is 5.92 Å². The third kappa shape index (κ3) is 4.55. The third-order valence-electron chi connectivity index (χ3n) is 5.71. The normalized spacial score (nSPS) is 27.4. The SMILES string of the molecule is CCC(OC1CCCC(C)C1)C(=O)NC1CCCc2cc(N)ccc21. The number of rotatable bonds is 5. The maximum Gasteiger partial charge on any atom is 0.249 e. The summed E-state index contributed by atoms with van der Waals surface area (Å²) in [5.74, 6) is 0.741. The summed E-state index contributed by atoms with van der Waals surface area (Å²) < 4.78 is 6.19. The molecule has 0 spiro atoms.